The maximum Gasteiger partial charge on any atom is 0.459 e. The lowest BCUT2D eigenvalue weighted by atomic mass is 9.99. The van der Waals surface area contributed by atoms with Crippen LogP contribution in [0.2, 0.25) is 0 Å². The summed E-state index contributed by atoms with van der Waals surface area (Å²) in [6.45, 7) is 1.81. The highest BCUT2D eigenvalue weighted by Gasteiger charge is 2.60. The molecule has 0 aliphatic carbocycles. The van der Waals surface area contributed by atoms with Gasteiger partial charge in [0.25, 0.3) is 5.89 Å². The van der Waals surface area contributed by atoms with Crippen molar-refractivity contribution in [3.8, 4) is 22.7 Å². The van der Waals surface area contributed by atoms with Crippen molar-refractivity contribution >= 4 is 23.0 Å². The summed E-state index contributed by atoms with van der Waals surface area (Å²) in [5, 5.41) is 7.44. The smallest absolute Gasteiger partial charge is 0.422 e. The molecule has 172 valence electrons. The summed E-state index contributed by atoms with van der Waals surface area (Å²) in [5.41, 5.74) is -0.677. The van der Waals surface area contributed by atoms with Gasteiger partial charge in [-0.15, -0.1) is 10.2 Å². The summed E-state index contributed by atoms with van der Waals surface area (Å²) in [5.74, 6) is -5.38. The Morgan fingerprint density at radius 2 is 1.74 bits per heavy atom. The van der Waals surface area contributed by atoms with Gasteiger partial charge in [-0.1, -0.05) is 29.8 Å². The number of pyridine rings is 2. The molecule has 12 heteroatoms. The van der Waals surface area contributed by atoms with Crippen LogP contribution in [0.4, 0.5) is 22.0 Å². The second-order valence-electron chi connectivity index (χ2n) is 7.46. The molecule has 7 nitrogen and oxygen atoms in total. The first-order valence-electron chi connectivity index (χ1n) is 9.72. The number of imidazole rings is 1. The summed E-state index contributed by atoms with van der Waals surface area (Å²) >= 11 is 0. The summed E-state index contributed by atoms with van der Waals surface area (Å²) in [4.78, 5) is 19.9. The second-order valence-corrected chi connectivity index (χ2v) is 7.46. The minimum Gasteiger partial charge on any atom is -0.422 e. The van der Waals surface area contributed by atoms with Gasteiger partial charge >= 0.3 is 12.1 Å². The highest BCUT2D eigenvalue weighted by atomic mass is 19.4. The minimum absolute atomic E-state index is 0.0633. The highest BCUT2D eigenvalue weighted by Crippen LogP contribution is 2.45. The molecular formula is C22H12F5N5O2. The zero-order valence-corrected chi connectivity index (χ0v) is 17.1. The van der Waals surface area contributed by atoms with E-state index in [9.17, 15) is 26.7 Å². The average molecular weight is 473 g/mol. The Labute approximate surface area is 186 Å². The standard InChI is InChI=1S/C22H12F5N5O2/c1-11-2-4-12(5-3-11)14-8-16(21(23,24)22(25,26)27)29-19-13(14)6-7-17-30-18(15(9-33)32(17)19)20-31-28-10-34-20/h2-10H,1H3. The van der Waals surface area contributed by atoms with Crippen LogP contribution in [0.25, 0.3) is 39.4 Å². The van der Waals surface area contributed by atoms with Gasteiger partial charge in [-0.05, 0) is 36.2 Å². The van der Waals surface area contributed by atoms with Crippen molar-refractivity contribution in [2.24, 2.45) is 0 Å². The molecule has 0 saturated heterocycles. The predicted octanol–water partition coefficient (Wildman–Crippen LogP) is 5.37. The third-order valence-electron chi connectivity index (χ3n) is 5.30. The second kappa shape index (κ2) is 7.40. The van der Waals surface area contributed by atoms with Gasteiger partial charge in [0.15, 0.2) is 12.0 Å². The van der Waals surface area contributed by atoms with Crippen LogP contribution in [-0.4, -0.2) is 37.0 Å². The van der Waals surface area contributed by atoms with E-state index in [-0.39, 0.29) is 39.5 Å². The molecule has 4 aromatic heterocycles. The van der Waals surface area contributed by atoms with E-state index in [1.54, 1.807) is 24.3 Å². The molecule has 0 bridgehead atoms. The molecule has 5 rings (SSSR count). The molecule has 5 aromatic rings. The molecule has 4 heterocycles. The summed E-state index contributed by atoms with van der Waals surface area (Å²) < 4.78 is 74.9. The monoisotopic (exact) mass is 473 g/mol. The van der Waals surface area contributed by atoms with Crippen molar-refractivity contribution < 1.29 is 31.2 Å². The SMILES string of the molecule is Cc1ccc(-c2cc(C(F)(F)C(F)(F)F)nc3c2ccc2nc(-c4nnco4)c(C=O)n23)cc1. The molecule has 0 aliphatic heterocycles. The van der Waals surface area contributed by atoms with Gasteiger partial charge in [-0.3, -0.25) is 9.20 Å². The fourth-order valence-corrected chi connectivity index (χ4v) is 3.64. The van der Waals surface area contributed by atoms with E-state index in [1.807, 2.05) is 6.92 Å². The zero-order valence-electron chi connectivity index (χ0n) is 17.1. The number of carbonyl (C=O) groups excluding carboxylic acids is 1. The number of aldehydes is 1. The Kier molecular flexibility index (Phi) is 4.71. The van der Waals surface area contributed by atoms with Crippen LogP contribution >= 0.6 is 0 Å². The largest absolute Gasteiger partial charge is 0.459 e. The molecule has 0 N–H and O–H groups in total. The Balaban J connectivity index is 1.92. The molecular weight excluding hydrogens is 461 g/mol. The van der Waals surface area contributed by atoms with Crippen molar-refractivity contribution in [2.75, 3.05) is 0 Å². The zero-order chi connectivity index (χ0) is 24.3. The third kappa shape index (κ3) is 3.21. The third-order valence-corrected chi connectivity index (χ3v) is 5.30. The highest BCUT2D eigenvalue weighted by molar-refractivity contribution is 5.97. The molecule has 0 saturated carbocycles. The Morgan fingerprint density at radius 3 is 2.35 bits per heavy atom. The summed E-state index contributed by atoms with van der Waals surface area (Å²) in [7, 11) is 0. The maximum atomic E-state index is 14.4. The van der Waals surface area contributed by atoms with Gasteiger partial charge in [0.1, 0.15) is 22.7 Å². The van der Waals surface area contributed by atoms with Gasteiger partial charge in [0.05, 0.1) is 0 Å². The number of aromatic nitrogens is 5. The lowest BCUT2D eigenvalue weighted by molar-refractivity contribution is -0.290. The van der Waals surface area contributed by atoms with Gasteiger partial charge in [-0.2, -0.15) is 22.0 Å². The first kappa shape index (κ1) is 21.6. The van der Waals surface area contributed by atoms with Crippen LogP contribution < -0.4 is 0 Å². The Hall–Kier alpha value is -4.22. The van der Waals surface area contributed by atoms with Crippen molar-refractivity contribution in [1.82, 2.24) is 24.6 Å². The van der Waals surface area contributed by atoms with Crippen molar-refractivity contribution in [2.45, 2.75) is 19.0 Å². The quantitative estimate of drug-likeness (QED) is 0.258. The van der Waals surface area contributed by atoms with Gasteiger partial charge < -0.3 is 4.42 Å². The van der Waals surface area contributed by atoms with Crippen molar-refractivity contribution in [1.29, 1.82) is 0 Å². The molecule has 34 heavy (non-hydrogen) atoms. The molecule has 0 atom stereocenters. The Morgan fingerprint density at radius 1 is 1.00 bits per heavy atom. The molecule has 0 spiro atoms. The van der Waals surface area contributed by atoms with E-state index in [4.69, 9.17) is 4.42 Å². The van der Waals surface area contributed by atoms with Crippen LogP contribution in [0.15, 0.2) is 53.3 Å². The van der Waals surface area contributed by atoms with Gasteiger partial charge in [0.2, 0.25) is 6.39 Å². The molecule has 1 aromatic carbocycles. The first-order valence-corrected chi connectivity index (χ1v) is 9.72. The summed E-state index contributed by atoms with van der Waals surface area (Å²) in [6.07, 6.45) is -4.52. The number of alkyl halides is 5. The van der Waals surface area contributed by atoms with E-state index in [0.717, 1.165) is 16.4 Å². The van der Waals surface area contributed by atoms with Crippen molar-refractivity contribution in [3.05, 3.63) is 65.8 Å². The van der Waals surface area contributed by atoms with Gasteiger partial charge in [-0.25, -0.2) is 9.97 Å². The van der Waals surface area contributed by atoms with Crippen LogP contribution in [0.3, 0.4) is 0 Å². The number of rotatable bonds is 4. The fourth-order valence-electron chi connectivity index (χ4n) is 3.64. The van der Waals surface area contributed by atoms with Crippen LogP contribution in [-0.2, 0) is 5.92 Å². The average Bonchev–Trinajstić information content (AvgIpc) is 3.45. The number of benzene rings is 1. The predicted molar refractivity (Wildman–Crippen MR) is 109 cm³/mol. The topological polar surface area (TPSA) is 86.2 Å². The number of carbonyl (C=O) groups is 1. The number of aryl methyl sites for hydroxylation is 1. The van der Waals surface area contributed by atoms with E-state index in [0.29, 0.717) is 17.9 Å². The number of halogens is 5. The van der Waals surface area contributed by atoms with Crippen LogP contribution in [0, 0.1) is 6.92 Å². The van der Waals surface area contributed by atoms with Crippen LogP contribution in [0.1, 0.15) is 21.7 Å². The first-order chi connectivity index (χ1) is 16.1. The fraction of sp³-hybridized carbons (Fsp3) is 0.136. The van der Waals surface area contributed by atoms with E-state index in [1.165, 1.54) is 12.1 Å². The van der Waals surface area contributed by atoms with Crippen molar-refractivity contribution in [3.63, 3.8) is 0 Å². The Bertz CT molecular complexity index is 1540. The lowest BCUT2D eigenvalue weighted by Crippen LogP contribution is -2.34. The normalized spacial score (nSPS) is 12.5. The summed E-state index contributed by atoms with van der Waals surface area (Å²) in [6, 6.07) is 10.3. The number of fused-ring (bicyclic) bond motifs is 3. The lowest BCUT2D eigenvalue weighted by Gasteiger charge is -2.21. The molecule has 0 aliphatic rings. The number of hydrogen-bond acceptors (Lipinski definition) is 6. The van der Waals surface area contributed by atoms with Gasteiger partial charge in [0, 0.05) is 5.39 Å². The minimum atomic E-state index is -5.89. The molecule has 0 amide bonds. The number of hydrogen-bond donors (Lipinski definition) is 0. The maximum absolute atomic E-state index is 14.4. The molecule has 0 unspecified atom stereocenters. The van der Waals surface area contributed by atoms with E-state index >= 15 is 0 Å². The van der Waals surface area contributed by atoms with E-state index < -0.39 is 17.8 Å². The van der Waals surface area contributed by atoms with Crippen LogP contribution in [0.5, 0.6) is 0 Å². The number of nitrogens with zero attached hydrogens (tertiary/aromatic N) is 5. The molecule has 0 fully saturated rings. The van der Waals surface area contributed by atoms with E-state index in [2.05, 4.69) is 20.2 Å². The molecule has 0 radical (unpaired) electrons.